The van der Waals surface area contributed by atoms with Crippen molar-refractivity contribution in [3.05, 3.63) is 48.3 Å². The predicted octanol–water partition coefficient (Wildman–Crippen LogP) is 1.95. The highest BCUT2D eigenvalue weighted by atomic mass is 16.5. The first-order valence-corrected chi connectivity index (χ1v) is 5.75. The fourth-order valence-electron chi connectivity index (χ4n) is 1.78. The Hall–Kier alpha value is -2.56. The smallest absolute Gasteiger partial charge is 0.263 e. The molecule has 0 radical (unpaired) electrons. The van der Waals surface area contributed by atoms with Crippen molar-refractivity contribution in [1.82, 2.24) is 4.98 Å². The normalized spacial score (nSPS) is 10.0. The van der Waals surface area contributed by atoms with Crippen molar-refractivity contribution in [3.63, 3.8) is 0 Å². The summed E-state index contributed by atoms with van der Waals surface area (Å²) in [7, 11) is 3.18. The number of hydrogen-bond acceptors (Lipinski definition) is 4. The van der Waals surface area contributed by atoms with E-state index in [1.54, 1.807) is 49.8 Å². The molecule has 0 atom stereocenters. The third-order valence-electron chi connectivity index (χ3n) is 2.83. The van der Waals surface area contributed by atoms with E-state index in [0.29, 0.717) is 22.7 Å². The van der Waals surface area contributed by atoms with Crippen LogP contribution < -0.4 is 15.4 Å². The zero-order chi connectivity index (χ0) is 13.8. The van der Waals surface area contributed by atoms with Crippen LogP contribution in [0.5, 0.6) is 5.75 Å². The first-order valence-electron chi connectivity index (χ1n) is 5.75. The van der Waals surface area contributed by atoms with E-state index in [9.17, 15) is 4.79 Å². The maximum Gasteiger partial charge on any atom is 0.263 e. The monoisotopic (exact) mass is 257 g/mol. The highest BCUT2D eigenvalue weighted by Gasteiger charge is 2.20. The number of hydrogen-bond donors (Lipinski definition) is 1. The van der Waals surface area contributed by atoms with Gasteiger partial charge >= 0.3 is 0 Å². The number of methoxy groups -OCH3 is 1. The zero-order valence-corrected chi connectivity index (χ0v) is 10.8. The molecule has 1 aromatic heterocycles. The molecule has 0 aliphatic rings. The molecule has 0 bridgehead atoms. The Morgan fingerprint density at radius 3 is 2.74 bits per heavy atom. The van der Waals surface area contributed by atoms with Gasteiger partial charge in [0.05, 0.1) is 19.0 Å². The largest absolute Gasteiger partial charge is 0.496 e. The van der Waals surface area contributed by atoms with Crippen molar-refractivity contribution in [2.45, 2.75) is 0 Å². The Bertz CT molecular complexity index is 584. The second-order valence-corrected chi connectivity index (χ2v) is 4.00. The van der Waals surface area contributed by atoms with Crippen molar-refractivity contribution in [2.75, 3.05) is 24.8 Å². The molecule has 5 heteroatoms. The lowest BCUT2D eigenvalue weighted by Crippen LogP contribution is -2.27. The van der Waals surface area contributed by atoms with Crippen molar-refractivity contribution >= 4 is 17.3 Å². The number of nitrogens with zero attached hydrogens (tertiary/aromatic N) is 2. The summed E-state index contributed by atoms with van der Waals surface area (Å²) in [5, 5.41) is 0. The molecule has 0 aliphatic carbocycles. The summed E-state index contributed by atoms with van der Waals surface area (Å²) >= 11 is 0. The summed E-state index contributed by atoms with van der Waals surface area (Å²) in [6, 6.07) is 8.70. The number of nitrogen functional groups attached to an aromatic ring is 1. The molecule has 0 spiro atoms. The Labute approximate surface area is 111 Å². The zero-order valence-electron chi connectivity index (χ0n) is 10.8. The van der Waals surface area contributed by atoms with Gasteiger partial charge in [-0.2, -0.15) is 0 Å². The molecule has 0 unspecified atom stereocenters. The Morgan fingerprint density at radius 1 is 1.32 bits per heavy atom. The summed E-state index contributed by atoms with van der Waals surface area (Å²) in [6.07, 6.45) is 3.27. The standard InChI is InChI=1S/C14H15N3O2/c1-17(10-5-4-8-16-9-10)14(18)13-11(15)6-3-7-12(13)19-2/h3-9H,15H2,1-2H3. The SMILES string of the molecule is COc1cccc(N)c1C(=O)N(C)c1cccnc1. The van der Waals surface area contributed by atoms with E-state index < -0.39 is 0 Å². The van der Waals surface area contributed by atoms with E-state index in [-0.39, 0.29) is 5.91 Å². The fourth-order valence-corrected chi connectivity index (χ4v) is 1.78. The summed E-state index contributed by atoms with van der Waals surface area (Å²) < 4.78 is 5.19. The number of carbonyl (C=O) groups is 1. The van der Waals surface area contributed by atoms with Crippen LogP contribution in [0, 0.1) is 0 Å². The van der Waals surface area contributed by atoms with Crippen LogP contribution in [0.2, 0.25) is 0 Å². The topological polar surface area (TPSA) is 68.5 Å². The van der Waals surface area contributed by atoms with Gasteiger partial charge in [-0.25, -0.2) is 0 Å². The van der Waals surface area contributed by atoms with Crippen LogP contribution in [0.15, 0.2) is 42.7 Å². The first kappa shape index (κ1) is 12.9. The maximum absolute atomic E-state index is 12.5. The molecule has 2 aromatic rings. The van der Waals surface area contributed by atoms with Crippen LogP contribution in [0.1, 0.15) is 10.4 Å². The average molecular weight is 257 g/mol. The number of amides is 1. The number of aromatic nitrogens is 1. The van der Waals surface area contributed by atoms with Crippen molar-refractivity contribution in [3.8, 4) is 5.75 Å². The number of benzene rings is 1. The molecule has 0 aliphatic heterocycles. The molecule has 1 amide bonds. The summed E-state index contributed by atoms with van der Waals surface area (Å²) in [4.78, 5) is 18.0. The average Bonchev–Trinajstić information content (AvgIpc) is 2.46. The summed E-state index contributed by atoms with van der Waals surface area (Å²) in [5.74, 6) is 0.226. The minimum Gasteiger partial charge on any atom is -0.496 e. The van der Waals surface area contributed by atoms with E-state index in [0.717, 1.165) is 0 Å². The molecule has 1 aromatic carbocycles. The van der Waals surface area contributed by atoms with E-state index in [4.69, 9.17) is 10.5 Å². The van der Waals surface area contributed by atoms with Crippen LogP contribution in [0.3, 0.4) is 0 Å². The minimum absolute atomic E-state index is 0.233. The van der Waals surface area contributed by atoms with Gasteiger partial charge in [-0.15, -0.1) is 0 Å². The third kappa shape index (κ3) is 2.49. The number of nitrogens with two attached hydrogens (primary N) is 1. The van der Waals surface area contributed by atoms with Crippen LogP contribution in [-0.4, -0.2) is 25.0 Å². The van der Waals surface area contributed by atoms with Crippen LogP contribution in [-0.2, 0) is 0 Å². The number of rotatable bonds is 3. The molecule has 0 fully saturated rings. The van der Waals surface area contributed by atoms with Gasteiger partial charge < -0.3 is 15.4 Å². The second-order valence-electron chi connectivity index (χ2n) is 4.00. The molecule has 2 N–H and O–H groups in total. The van der Waals surface area contributed by atoms with Crippen molar-refractivity contribution < 1.29 is 9.53 Å². The Balaban J connectivity index is 2.40. The lowest BCUT2D eigenvalue weighted by molar-refractivity contribution is 0.0991. The molecule has 19 heavy (non-hydrogen) atoms. The number of ether oxygens (including phenoxy) is 1. The molecule has 1 heterocycles. The summed E-state index contributed by atoms with van der Waals surface area (Å²) in [5.41, 5.74) is 7.31. The van der Waals surface area contributed by atoms with Crippen molar-refractivity contribution in [2.24, 2.45) is 0 Å². The second kappa shape index (κ2) is 5.39. The van der Waals surface area contributed by atoms with Gasteiger partial charge in [0.15, 0.2) is 0 Å². The van der Waals surface area contributed by atoms with E-state index in [2.05, 4.69) is 4.98 Å². The van der Waals surface area contributed by atoms with Gasteiger partial charge in [-0.3, -0.25) is 9.78 Å². The molecule has 98 valence electrons. The minimum atomic E-state index is -0.233. The predicted molar refractivity (Wildman–Crippen MR) is 74.4 cm³/mol. The van der Waals surface area contributed by atoms with Crippen LogP contribution >= 0.6 is 0 Å². The molecule has 5 nitrogen and oxygen atoms in total. The molecule has 2 rings (SSSR count). The van der Waals surface area contributed by atoms with Gasteiger partial charge in [-0.1, -0.05) is 6.07 Å². The molecule has 0 saturated carbocycles. The molecular weight excluding hydrogens is 242 g/mol. The number of carbonyl (C=O) groups excluding carboxylic acids is 1. The van der Waals surface area contributed by atoms with Gasteiger partial charge in [0.1, 0.15) is 11.3 Å². The third-order valence-corrected chi connectivity index (χ3v) is 2.83. The van der Waals surface area contributed by atoms with Gasteiger partial charge in [-0.05, 0) is 24.3 Å². The highest BCUT2D eigenvalue weighted by molar-refractivity contribution is 6.10. The number of anilines is 2. The maximum atomic E-state index is 12.5. The first-order chi connectivity index (χ1) is 9.15. The number of pyridine rings is 1. The lowest BCUT2D eigenvalue weighted by atomic mass is 10.1. The lowest BCUT2D eigenvalue weighted by Gasteiger charge is -2.19. The van der Waals surface area contributed by atoms with E-state index >= 15 is 0 Å². The van der Waals surface area contributed by atoms with Crippen LogP contribution in [0.4, 0.5) is 11.4 Å². The highest BCUT2D eigenvalue weighted by Crippen LogP contribution is 2.26. The van der Waals surface area contributed by atoms with Crippen LogP contribution in [0.25, 0.3) is 0 Å². The van der Waals surface area contributed by atoms with Gasteiger partial charge in [0, 0.05) is 18.9 Å². The fraction of sp³-hybridized carbons (Fsp3) is 0.143. The van der Waals surface area contributed by atoms with Gasteiger partial charge in [0.25, 0.3) is 5.91 Å². The van der Waals surface area contributed by atoms with Gasteiger partial charge in [0.2, 0.25) is 0 Å². The quantitative estimate of drug-likeness (QED) is 0.853. The Kier molecular flexibility index (Phi) is 3.66. The molecule has 0 saturated heterocycles. The molecular formula is C14H15N3O2. The van der Waals surface area contributed by atoms with Crippen molar-refractivity contribution in [1.29, 1.82) is 0 Å². The van der Waals surface area contributed by atoms with E-state index in [1.807, 2.05) is 0 Å². The Morgan fingerprint density at radius 2 is 2.11 bits per heavy atom. The van der Waals surface area contributed by atoms with E-state index in [1.165, 1.54) is 12.0 Å². The summed E-state index contributed by atoms with van der Waals surface area (Å²) in [6.45, 7) is 0.